The van der Waals surface area contributed by atoms with Gasteiger partial charge in [-0.05, 0) is 43.0 Å². The van der Waals surface area contributed by atoms with Crippen LogP contribution in [-0.2, 0) is 22.6 Å². The minimum absolute atomic E-state index is 0.212. The van der Waals surface area contributed by atoms with Gasteiger partial charge in [-0.2, -0.15) is 0 Å². The van der Waals surface area contributed by atoms with Gasteiger partial charge in [0.05, 0.1) is 31.8 Å². The highest BCUT2D eigenvalue weighted by molar-refractivity contribution is 5.89. The van der Waals surface area contributed by atoms with Gasteiger partial charge in [-0.1, -0.05) is 12.1 Å². The Hall–Kier alpha value is -2.31. The van der Waals surface area contributed by atoms with Gasteiger partial charge >= 0.3 is 6.03 Å². The van der Waals surface area contributed by atoms with Gasteiger partial charge in [0.1, 0.15) is 0 Å². The molecule has 0 spiro atoms. The SMILES string of the molecule is O=C(NCc1ccoc1)Nc1cccc(COC[C@H]2CCCCO2)c1. The lowest BCUT2D eigenvalue weighted by atomic mass is 10.1. The maximum absolute atomic E-state index is 11.9. The topological polar surface area (TPSA) is 72.7 Å². The summed E-state index contributed by atoms with van der Waals surface area (Å²) >= 11 is 0. The summed E-state index contributed by atoms with van der Waals surface area (Å²) in [4.78, 5) is 11.9. The molecular weight excluding hydrogens is 320 g/mol. The average Bonchev–Trinajstić information content (AvgIpc) is 3.15. The smallest absolute Gasteiger partial charge is 0.319 e. The van der Waals surface area contributed by atoms with Gasteiger partial charge in [-0.3, -0.25) is 0 Å². The largest absolute Gasteiger partial charge is 0.472 e. The zero-order valence-corrected chi connectivity index (χ0v) is 14.2. The van der Waals surface area contributed by atoms with E-state index in [0.717, 1.165) is 36.3 Å². The van der Waals surface area contributed by atoms with Crippen LogP contribution in [0.2, 0.25) is 0 Å². The molecule has 25 heavy (non-hydrogen) atoms. The van der Waals surface area contributed by atoms with E-state index in [2.05, 4.69) is 10.6 Å². The van der Waals surface area contributed by atoms with Crippen molar-refractivity contribution in [2.24, 2.45) is 0 Å². The van der Waals surface area contributed by atoms with E-state index in [-0.39, 0.29) is 12.1 Å². The first kappa shape index (κ1) is 17.5. The number of rotatable bonds is 7. The van der Waals surface area contributed by atoms with E-state index in [1.807, 2.05) is 30.3 Å². The Balaban J connectivity index is 1.41. The van der Waals surface area contributed by atoms with Crippen LogP contribution in [0.5, 0.6) is 0 Å². The fourth-order valence-corrected chi connectivity index (χ4v) is 2.74. The first-order valence-corrected chi connectivity index (χ1v) is 8.64. The van der Waals surface area contributed by atoms with Crippen LogP contribution >= 0.6 is 0 Å². The van der Waals surface area contributed by atoms with Crippen molar-refractivity contribution in [1.82, 2.24) is 5.32 Å². The predicted molar refractivity (Wildman–Crippen MR) is 94.3 cm³/mol. The average molecular weight is 344 g/mol. The maximum atomic E-state index is 11.9. The van der Waals surface area contributed by atoms with Gasteiger partial charge in [0, 0.05) is 24.4 Å². The molecule has 1 fully saturated rings. The second kappa shape index (κ2) is 9.25. The van der Waals surface area contributed by atoms with Gasteiger partial charge in [0.15, 0.2) is 0 Å². The number of amides is 2. The molecule has 6 nitrogen and oxygen atoms in total. The highest BCUT2D eigenvalue weighted by Crippen LogP contribution is 2.15. The quantitative estimate of drug-likeness (QED) is 0.803. The highest BCUT2D eigenvalue weighted by atomic mass is 16.5. The fourth-order valence-electron chi connectivity index (χ4n) is 2.74. The molecule has 0 saturated carbocycles. The van der Waals surface area contributed by atoms with E-state index in [9.17, 15) is 4.79 Å². The molecule has 1 aromatic heterocycles. The molecule has 1 aliphatic rings. The standard InChI is InChI=1S/C19H24N2O4/c22-19(20-11-16-7-9-23-13-16)21-17-5-3-4-15(10-17)12-24-14-18-6-1-2-8-25-18/h3-5,7,9-10,13,18H,1-2,6,8,11-12,14H2,(H2,20,21,22)/t18-/m1/s1. The second-order valence-electron chi connectivity index (χ2n) is 6.14. The zero-order valence-electron chi connectivity index (χ0n) is 14.2. The van der Waals surface area contributed by atoms with Crippen molar-refractivity contribution in [2.45, 2.75) is 38.5 Å². The number of anilines is 1. The van der Waals surface area contributed by atoms with E-state index in [4.69, 9.17) is 13.9 Å². The van der Waals surface area contributed by atoms with Gasteiger partial charge < -0.3 is 24.5 Å². The summed E-state index contributed by atoms with van der Waals surface area (Å²) < 4.78 is 16.4. The van der Waals surface area contributed by atoms with Crippen LogP contribution in [-0.4, -0.2) is 25.3 Å². The molecule has 1 atom stereocenters. The summed E-state index contributed by atoms with van der Waals surface area (Å²) in [6, 6.07) is 9.21. The Kier molecular flexibility index (Phi) is 6.48. The highest BCUT2D eigenvalue weighted by Gasteiger charge is 2.13. The Morgan fingerprint density at radius 2 is 2.20 bits per heavy atom. The molecule has 2 aromatic rings. The molecular formula is C19H24N2O4. The van der Waals surface area contributed by atoms with E-state index in [1.54, 1.807) is 12.5 Å². The minimum Gasteiger partial charge on any atom is -0.472 e. The van der Waals surface area contributed by atoms with Crippen molar-refractivity contribution in [3.8, 4) is 0 Å². The third kappa shape index (κ3) is 5.92. The van der Waals surface area contributed by atoms with Crippen molar-refractivity contribution >= 4 is 11.7 Å². The number of carbonyl (C=O) groups excluding carboxylic acids is 1. The molecule has 1 aliphatic heterocycles. The van der Waals surface area contributed by atoms with Crippen LogP contribution in [0.25, 0.3) is 0 Å². The van der Waals surface area contributed by atoms with Crippen molar-refractivity contribution < 1.29 is 18.7 Å². The molecule has 2 N–H and O–H groups in total. The molecule has 0 bridgehead atoms. The number of furan rings is 1. The maximum Gasteiger partial charge on any atom is 0.319 e. The predicted octanol–water partition coefficient (Wildman–Crippen LogP) is 3.69. The van der Waals surface area contributed by atoms with Crippen LogP contribution in [0.15, 0.2) is 47.3 Å². The number of nitrogens with one attached hydrogen (secondary N) is 2. The zero-order chi connectivity index (χ0) is 17.3. The van der Waals surface area contributed by atoms with Gasteiger partial charge in [0.25, 0.3) is 0 Å². The van der Waals surface area contributed by atoms with Crippen LogP contribution in [0.1, 0.15) is 30.4 Å². The van der Waals surface area contributed by atoms with E-state index in [0.29, 0.717) is 19.8 Å². The van der Waals surface area contributed by atoms with Gasteiger partial charge in [-0.25, -0.2) is 4.79 Å². The molecule has 0 radical (unpaired) electrons. The summed E-state index contributed by atoms with van der Waals surface area (Å²) in [5, 5.41) is 5.60. The minimum atomic E-state index is -0.255. The molecule has 1 saturated heterocycles. The van der Waals surface area contributed by atoms with Crippen LogP contribution < -0.4 is 10.6 Å². The van der Waals surface area contributed by atoms with Crippen LogP contribution in [0, 0.1) is 0 Å². The first-order chi connectivity index (χ1) is 12.3. The van der Waals surface area contributed by atoms with Crippen molar-refractivity contribution in [3.05, 3.63) is 54.0 Å². The monoisotopic (exact) mass is 344 g/mol. The van der Waals surface area contributed by atoms with Crippen molar-refractivity contribution in [2.75, 3.05) is 18.5 Å². The number of urea groups is 1. The number of hydrogen-bond donors (Lipinski definition) is 2. The van der Waals surface area contributed by atoms with E-state index >= 15 is 0 Å². The second-order valence-corrected chi connectivity index (χ2v) is 6.14. The summed E-state index contributed by atoms with van der Waals surface area (Å²) in [6.45, 7) is 2.38. The normalized spacial score (nSPS) is 17.2. The first-order valence-electron chi connectivity index (χ1n) is 8.64. The van der Waals surface area contributed by atoms with Gasteiger partial charge in [0.2, 0.25) is 0 Å². The Bertz CT molecular complexity index is 651. The summed E-state index contributed by atoms with van der Waals surface area (Å²) in [5.74, 6) is 0. The van der Waals surface area contributed by atoms with Crippen molar-refractivity contribution in [3.63, 3.8) is 0 Å². The van der Waals surface area contributed by atoms with Crippen LogP contribution in [0.4, 0.5) is 10.5 Å². The fraction of sp³-hybridized carbons (Fsp3) is 0.421. The summed E-state index contributed by atoms with van der Waals surface area (Å²) in [6.07, 6.45) is 6.82. The lowest BCUT2D eigenvalue weighted by Gasteiger charge is -2.22. The summed E-state index contributed by atoms with van der Waals surface area (Å²) in [5.41, 5.74) is 2.67. The molecule has 2 amide bonds. The Morgan fingerprint density at radius 3 is 3.00 bits per heavy atom. The number of carbonyl (C=O) groups is 1. The summed E-state index contributed by atoms with van der Waals surface area (Å²) in [7, 11) is 0. The number of ether oxygens (including phenoxy) is 2. The number of hydrogen-bond acceptors (Lipinski definition) is 4. The molecule has 3 rings (SSSR count). The molecule has 2 heterocycles. The molecule has 1 aromatic carbocycles. The third-order valence-corrected chi connectivity index (χ3v) is 4.06. The van der Waals surface area contributed by atoms with Crippen LogP contribution in [0.3, 0.4) is 0 Å². The molecule has 0 aliphatic carbocycles. The Labute approximate surface area is 147 Å². The lowest BCUT2D eigenvalue weighted by molar-refractivity contribution is -0.0447. The Morgan fingerprint density at radius 1 is 1.24 bits per heavy atom. The third-order valence-electron chi connectivity index (χ3n) is 4.06. The van der Waals surface area contributed by atoms with Crippen molar-refractivity contribution in [1.29, 1.82) is 0 Å². The van der Waals surface area contributed by atoms with E-state index < -0.39 is 0 Å². The number of benzene rings is 1. The lowest BCUT2D eigenvalue weighted by Crippen LogP contribution is -2.28. The molecule has 134 valence electrons. The van der Waals surface area contributed by atoms with E-state index in [1.165, 1.54) is 6.42 Å². The molecule has 6 heteroatoms. The van der Waals surface area contributed by atoms with Gasteiger partial charge in [-0.15, -0.1) is 0 Å². The molecule has 0 unspecified atom stereocenters.